The first-order valence-corrected chi connectivity index (χ1v) is 6.20. The standard InChI is InChI=1S/C12H12BrFO3/c13-10-2-8(11(14)4-16-5-11)1-9(3-10)12(15)6-17-7-12/h1-3,15H,4-7H2. The second kappa shape index (κ2) is 3.75. The Morgan fingerprint density at radius 2 is 1.65 bits per heavy atom. The Hall–Kier alpha value is -0.490. The van der Waals surface area contributed by atoms with Gasteiger partial charge in [0.05, 0.1) is 26.4 Å². The minimum Gasteiger partial charge on any atom is -0.380 e. The SMILES string of the molecule is OC1(c2cc(Br)cc(C3(F)COC3)c2)COC1. The zero-order valence-electron chi connectivity index (χ0n) is 9.08. The predicted molar refractivity (Wildman–Crippen MR) is 62.5 cm³/mol. The van der Waals surface area contributed by atoms with Crippen LogP contribution in [0.1, 0.15) is 11.1 Å². The van der Waals surface area contributed by atoms with Crippen LogP contribution in [0, 0.1) is 0 Å². The molecular formula is C12H12BrFO3. The molecule has 2 heterocycles. The van der Waals surface area contributed by atoms with Crippen LogP contribution in [0.25, 0.3) is 0 Å². The molecule has 0 spiro atoms. The van der Waals surface area contributed by atoms with Crippen LogP contribution in [-0.2, 0) is 20.7 Å². The van der Waals surface area contributed by atoms with E-state index >= 15 is 0 Å². The van der Waals surface area contributed by atoms with Gasteiger partial charge in [0, 0.05) is 4.47 Å². The van der Waals surface area contributed by atoms with E-state index in [1.165, 1.54) is 0 Å². The van der Waals surface area contributed by atoms with Crippen LogP contribution in [0.2, 0.25) is 0 Å². The van der Waals surface area contributed by atoms with E-state index in [2.05, 4.69) is 15.9 Å². The second-order valence-electron chi connectivity index (χ2n) is 4.71. The van der Waals surface area contributed by atoms with Crippen LogP contribution in [-0.4, -0.2) is 31.5 Å². The average Bonchev–Trinajstić information content (AvgIpc) is 2.21. The van der Waals surface area contributed by atoms with Crippen molar-refractivity contribution in [3.05, 3.63) is 33.8 Å². The molecule has 0 unspecified atom stereocenters. The summed E-state index contributed by atoms with van der Waals surface area (Å²) in [5.41, 5.74) is -1.15. The van der Waals surface area contributed by atoms with Crippen molar-refractivity contribution >= 4 is 15.9 Å². The quantitative estimate of drug-likeness (QED) is 0.906. The number of aliphatic hydroxyl groups is 1. The van der Waals surface area contributed by atoms with Gasteiger partial charge in [-0.05, 0) is 29.3 Å². The zero-order valence-corrected chi connectivity index (χ0v) is 10.7. The van der Waals surface area contributed by atoms with Crippen molar-refractivity contribution in [1.82, 2.24) is 0 Å². The lowest BCUT2D eigenvalue weighted by molar-refractivity contribution is -0.185. The number of ether oxygens (including phenoxy) is 2. The third-order valence-corrected chi connectivity index (χ3v) is 3.75. The van der Waals surface area contributed by atoms with Gasteiger partial charge in [0.25, 0.3) is 0 Å². The minimum atomic E-state index is -1.42. The fourth-order valence-corrected chi connectivity index (χ4v) is 2.52. The molecule has 0 radical (unpaired) electrons. The molecule has 92 valence electrons. The normalized spacial score (nSPS) is 24.9. The number of benzene rings is 1. The summed E-state index contributed by atoms with van der Waals surface area (Å²) in [5.74, 6) is 0. The lowest BCUT2D eigenvalue weighted by Gasteiger charge is -2.39. The highest BCUT2D eigenvalue weighted by Gasteiger charge is 2.43. The summed E-state index contributed by atoms with van der Waals surface area (Å²) >= 11 is 3.35. The Bertz CT molecular complexity index is 417. The van der Waals surface area contributed by atoms with E-state index in [0.29, 0.717) is 11.1 Å². The number of rotatable bonds is 2. The van der Waals surface area contributed by atoms with Gasteiger partial charge in [-0.15, -0.1) is 0 Å². The first-order chi connectivity index (χ1) is 8.02. The Morgan fingerprint density at radius 1 is 1.06 bits per heavy atom. The van der Waals surface area contributed by atoms with Gasteiger partial charge in [0.2, 0.25) is 0 Å². The predicted octanol–water partition coefficient (Wildman–Crippen LogP) is 1.86. The summed E-state index contributed by atoms with van der Waals surface area (Å²) in [6, 6.07) is 5.24. The Labute approximate surface area is 107 Å². The van der Waals surface area contributed by atoms with E-state index in [-0.39, 0.29) is 26.4 Å². The highest BCUT2D eigenvalue weighted by Crippen LogP contribution is 2.39. The molecule has 0 amide bonds. The van der Waals surface area contributed by atoms with Gasteiger partial charge in [-0.25, -0.2) is 4.39 Å². The summed E-state index contributed by atoms with van der Waals surface area (Å²) in [4.78, 5) is 0. The van der Waals surface area contributed by atoms with Gasteiger partial charge in [-0.3, -0.25) is 0 Å². The van der Waals surface area contributed by atoms with Crippen molar-refractivity contribution in [3.8, 4) is 0 Å². The zero-order chi connectivity index (χ0) is 12.1. The van der Waals surface area contributed by atoms with Gasteiger partial charge in [-0.2, -0.15) is 0 Å². The van der Waals surface area contributed by atoms with Gasteiger partial charge in [-0.1, -0.05) is 15.9 Å². The number of halogens is 2. The number of alkyl halides is 1. The smallest absolute Gasteiger partial charge is 0.182 e. The molecular weight excluding hydrogens is 291 g/mol. The van der Waals surface area contributed by atoms with Crippen LogP contribution in [0.3, 0.4) is 0 Å². The van der Waals surface area contributed by atoms with E-state index in [4.69, 9.17) is 9.47 Å². The molecule has 5 heteroatoms. The summed E-state index contributed by atoms with van der Waals surface area (Å²) in [6.07, 6.45) is 0. The van der Waals surface area contributed by atoms with Crippen molar-refractivity contribution in [2.24, 2.45) is 0 Å². The van der Waals surface area contributed by atoms with Crippen LogP contribution in [0.4, 0.5) is 4.39 Å². The maximum absolute atomic E-state index is 14.2. The van der Waals surface area contributed by atoms with Gasteiger partial charge in [0.1, 0.15) is 5.60 Å². The highest BCUT2D eigenvalue weighted by molar-refractivity contribution is 9.10. The van der Waals surface area contributed by atoms with E-state index in [9.17, 15) is 9.50 Å². The Morgan fingerprint density at radius 3 is 2.12 bits per heavy atom. The van der Waals surface area contributed by atoms with Crippen molar-refractivity contribution < 1.29 is 19.0 Å². The lowest BCUT2D eigenvalue weighted by Crippen LogP contribution is -2.47. The Kier molecular flexibility index (Phi) is 2.56. The average molecular weight is 303 g/mol. The summed E-state index contributed by atoms with van der Waals surface area (Å²) in [5, 5.41) is 10.2. The molecule has 2 fully saturated rings. The van der Waals surface area contributed by atoms with Crippen LogP contribution < -0.4 is 0 Å². The van der Waals surface area contributed by atoms with Crippen molar-refractivity contribution in [2.45, 2.75) is 11.3 Å². The number of hydrogen-bond acceptors (Lipinski definition) is 3. The molecule has 3 rings (SSSR count). The Balaban J connectivity index is 2.00. The maximum Gasteiger partial charge on any atom is 0.182 e. The monoisotopic (exact) mass is 302 g/mol. The fraction of sp³-hybridized carbons (Fsp3) is 0.500. The van der Waals surface area contributed by atoms with Crippen molar-refractivity contribution in [1.29, 1.82) is 0 Å². The topological polar surface area (TPSA) is 38.7 Å². The lowest BCUT2D eigenvalue weighted by atomic mass is 9.86. The van der Waals surface area contributed by atoms with E-state index in [0.717, 1.165) is 4.47 Å². The van der Waals surface area contributed by atoms with Crippen LogP contribution in [0.5, 0.6) is 0 Å². The highest BCUT2D eigenvalue weighted by atomic mass is 79.9. The third-order valence-electron chi connectivity index (χ3n) is 3.30. The van der Waals surface area contributed by atoms with Gasteiger partial charge in [0.15, 0.2) is 5.67 Å². The van der Waals surface area contributed by atoms with E-state index in [1.807, 2.05) is 0 Å². The maximum atomic E-state index is 14.2. The first kappa shape index (κ1) is 11.6. The molecule has 2 saturated heterocycles. The fourth-order valence-electron chi connectivity index (χ4n) is 2.03. The summed E-state index contributed by atoms with van der Waals surface area (Å²) in [6.45, 7) is 0.688. The minimum absolute atomic E-state index is 0.0812. The third kappa shape index (κ3) is 1.81. The van der Waals surface area contributed by atoms with Gasteiger partial charge < -0.3 is 14.6 Å². The molecule has 1 aromatic carbocycles. The van der Waals surface area contributed by atoms with Crippen molar-refractivity contribution in [3.63, 3.8) is 0 Å². The molecule has 2 aliphatic rings. The summed E-state index contributed by atoms with van der Waals surface area (Å²) in [7, 11) is 0. The number of hydrogen-bond donors (Lipinski definition) is 1. The molecule has 2 aliphatic heterocycles. The van der Waals surface area contributed by atoms with Crippen LogP contribution in [0.15, 0.2) is 22.7 Å². The van der Waals surface area contributed by atoms with Crippen LogP contribution >= 0.6 is 15.9 Å². The van der Waals surface area contributed by atoms with Gasteiger partial charge >= 0.3 is 0 Å². The largest absolute Gasteiger partial charge is 0.380 e. The molecule has 1 aromatic rings. The molecule has 0 saturated carbocycles. The van der Waals surface area contributed by atoms with E-state index in [1.54, 1.807) is 18.2 Å². The summed E-state index contributed by atoms with van der Waals surface area (Å²) < 4.78 is 24.9. The van der Waals surface area contributed by atoms with E-state index < -0.39 is 11.3 Å². The molecule has 0 aliphatic carbocycles. The molecule has 0 atom stereocenters. The second-order valence-corrected chi connectivity index (χ2v) is 5.63. The molecule has 0 bridgehead atoms. The molecule has 17 heavy (non-hydrogen) atoms. The molecule has 1 N–H and O–H groups in total. The van der Waals surface area contributed by atoms with Crippen molar-refractivity contribution in [2.75, 3.05) is 26.4 Å². The molecule has 0 aromatic heterocycles. The molecule has 3 nitrogen and oxygen atoms in total. The first-order valence-electron chi connectivity index (χ1n) is 5.40.